The lowest BCUT2D eigenvalue weighted by Crippen LogP contribution is -2.01. The van der Waals surface area contributed by atoms with E-state index in [1.54, 1.807) is 11.8 Å². The van der Waals surface area contributed by atoms with Crippen LogP contribution in [0.5, 0.6) is 17.4 Å². The summed E-state index contributed by atoms with van der Waals surface area (Å²) < 4.78 is 12.9. The summed E-state index contributed by atoms with van der Waals surface area (Å²) in [5, 5.41) is 4.32. The third-order valence-electron chi connectivity index (χ3n) is 2.95. The van der Waals surface area contributed by atoms with Crippen molar-refractivity contribution in [2.45, 2.75) is 27.3 Å². The molecule has 1 heterocycles. The van der Waals surface area contributed by atoms with Crippen LogP contribution >= 0.6 is 0 Å². The van der Waals surface area contributed by atoms with Crippen molar-refractivity contribution in [2.24, 2.45) is 0 Å². The van der Waals surface area contributed by atoms with Crippen molar-refractivity contribution in [3.63, 3.8) is 0 Å². The predicted molar refractivity (Wildman–Crippen MR) is 74.9 cm³/mol. The summed E-state index contributed by atoms with van der Waals surface area (Å²) in [6.45, 7) is 6.55. The Kier molecular flexibility index (Phi) is 3.64. The number of anilines is 1. The molecule has 2 rings (SSSR count). The second-order valence-electron chi connectivity index (χ2n) is 4.38. The van der Waals surface area contributed by atoms with Crippen LogP contribution in [0.15, 0.2) is 18.2 Å². The lowest BCUT2D eigenvalue weighted by Gasteiger charge is -2.12. The Morgan fingerprint density at radius 1 is 1.26 bits per heavy atom. The number of aromatic nitrogens is 2. The maximum atomic E-state index is 6.00. The molecule has 5 nitrogen and oxygen atoms in total. The van der Waals surface area contributed by atoms with E-state index in [0.29, 0.717) is 29.6 Å². The Balaban J connectivity index is 2.41. The Labute approximate surface area is 112 Å². The number of nitrogens with two attached hydrogens (primary N) is 1. The van der Waals surface area contributed by atoms with E-state index >= 15 is 0 Å². The van der Waals surface area contributed by atoms with Crippen molar-refractivity contribution in [2.75, 3.05) is 12.8 Å². The van der Waals surface area contributed by atoms with Crippen molar-refractivity contribution < 1.29 is 9.47 Å². The van der Waals surface area contributed by atoms with Crippen LogP contribution in [-0.4, -0.2) is 16.9 Å². The largest absolute Gasteiger partial charge is 0.493 e. The number of rotatable bonds is 4. The molecule has 0 saturated heterocycles. The van der Waals surface area contributed by atoms with Crippen molar-refractivity contribution in [1.29, 1.82) is 0 Å². The lowest BCUT2D eigenvalue weighted by molar-refractivity contribution is 0.362. The van der Waals surface area contributed by atoms with Gasteiger partial charge in [-0.3, -0.25) is 0 Å². The van der Waals surface area contributed by atoms with Crippen LogP contribution in [0.4, 0.5) is 5.69 Å². The van der Waals surface area contributed by atoms with Gasteiger partial charge in [-0.25, -0.2) is 4.68 Å². The van der Waals surface area contributed by atoms with Crippen LogP contribution in [0.25, 0.3) is 0 Å². The zero-order chi connectivity index (χ0) is 14.0. The third-order valence-corrected chi connectivity index (χ3v) is 2.95. The number of benzene rings is 1. The number of hydrogen-bond donors (Lipinski definition) is 1. The molecule has 1 aromatic heterocycles. The predicted octanol–water partition coefficient (Wildman–Crippen LogP) is 2.90. The number of ether oxygens (including phenoxy) is 2. The van der Waals surface area contributed by atoms with Crippen LogP contribution in [0, 0.1) is 13.8 Å². The van der Waals surface area contributed by atoms with Crippen molar-refractivity contribution >= 4 is 5.69 Å². The molecule has 2 N–H and O–H groups in total. The lowest BCUT2D eigenvalue weighted by atomic mass is 10.2. The molecule has 0 unspecified atom stereocenters. The Morgan fingerprint density at radius 3 is 2.63 bits per heavy atom. The summed E-state index contributed by atoms with van der Waals surface area (Å²) in [5.41, 5.74) is 8.43. The number of hydrogen-bond acceptors (Lipinski definition) is 4. The van der Waals surface area contributed by atoms with E-state index in [0.717, 1.165) is 11.3 Å². The fraction of sp³-hybridized carbons (Fsp3) is 0.357. The smallest absolute Gasteiger partial charge is 0.241 e. The Hall–Kier alpha value is -2.17. The molecule has 1 aromatic carbocycles. The van der Waals surface area contributed by atoms with Gasteiger partial charge in [-0.1, -0.05) is 6.07 Å². The zero-order valence-electron chi connectivity index (χ0n) is 11.7. The van der Waals surface area contributed by atoms with Gasteiger partial charge in [0.2, 0.25) is 5.88 Å². The van der Waals surface area contributed by atoms with E-state index in [9.17, 15) is 0 Å². The summed E-state index contributed by atoms with van der Waals surface area (Å²) in [6.07, 6.45) is 0. The monoisotopic (exact) mass is 261 g/mol. The summed E-state index contributed by atoms with van der Waals surface area (Å²) in [6, 6.07) is 5.76. The first-order valence-corrected chi connectivity index (χ1v) is 6.22. The number of methoxy groups -OCH3 is 1. The highest BCUT2D eigenvalue weighted by molar-refractivity contribution is 5.55. The average Bonchev–Trinajstić information content (AvgIpc) is 2.68. The third kappa shape index (κ3) is 2.50. The molecule has 0 saturated carbocycles. The maximum absolute atomic E-state index is 6.00. The summed E-state index contributed by atoms with van der Waals surface area (Å²) in [5.74, 6) is 1.87. The molecule has 0 fully saturated rings. The van der Waals surface area contributed by atoms with Crippen LogP contribution in [0.2, 0.25) is 0 Å². The molecule has 0 aliphatic heterocycles. The Bertz CT molecular complexity index is 591. The first-order chi connectivity index (χ1) is 9.06. The highest BCUT2D eigenvalue weighted by atomic mass is 16.5. The first kappa shape index (κ1) is 13.3. The second kappa shape index (κ2) is 5.22. The molecule has 0 aliphatic rings. The fourth-order valence-corrected chi connectivity index (χ4v) is 1.86. The van der Waals surface area contributed by atoms with Crippen LogP contribution in [0.1, 0.15) is 18.2 Å². The quantitative estimate of drug-likeness (QED) is 0.919. The van der Waals surface area contributed by atoms with Gasteiger partial charge >= 0.3 is 0 Å². The molecule has 0 amide bonds. The van der Waals surface area contributed by atoms with Gasteiger partial charge in [0, 0.05) is 6.54 Å². The van der Waals surface area contributed by atoms with Gasteiger partial charge in [-0.05, 0) is 38.5 Å². The molecule has 0 aliphatic carbocycles. The van der Waals surface area contributed by atoms with Crippen LogP contribution in [-0.2, 0) is 6.54 Å². The van der Waals surface area contributed by atoms with Gasteiger partial charge in [-0.15, -0.1) is 0 Å². The molecular weight excluding hydrogens is 242 g/mol. The maximum Gasteiger partial charge on any atom is 0.241 e. The van der Waals surface area contributed by atoms with Gasteiger partial charge in [0.1, 0.15) is 5.69 Å². The molecule has 19 heavy (non-hydrogen) atoms. The summed E-state index contributed by atoms with van der Waals surface area (Å²) in [4.78, 5) is 0. The molecular formula is C14H19N3O2. The molecule has 0 radical (unpaired) electrons. The number of nitrogen functional groups attached to an aromatic ring is 1. The standard InChI is InChI=1S/C14H19N3O2/c1-5-17-14(13(15)10(3)16-17)19-11-7-6-9(2)8-12(11)18-4/h6-8H,5,15H2,1-4H3. The molecule has 102 valence electrons. The summed E-state index contributed by atoms with van der Waals surface area (Å²) >= 11 is 0. The highest BCUT2D eigenvalue weighted by Crippen LogP contribution is 2.35. The van der Waals surface area contributed by atoms with Crippen LogP contribution in [0.3, 0.4) is 0 Å². The van der Waals surface area contributed by atoms with Gasteiger partial charge in [0.25, 0.3) is 0 Å². The fourth-order valence-electron chi connectivity index (χ4n) is 1.86. The van der Waals surface area contributed by atoms with Gasteiger partial charge in [0.05, 0.1) is 12.8 Å². The summed E-state index contributed by atoms with van der Waals surface area (Å²) in [7, 11) is 1.62. The minimum Gasteiger partial charge on any atom is -0.493 e. The molecule has 0 atom stereocenters. The average molecular weight is 261 g/mol. The van der Waals surface area contributed by atoms with Crippen molar-refractivity contribution in [3.05, 3.63) is 29.5 Å². The molecule has 0 bridgehead atoms. The normalized spacial score (nSPS) is 10.5. The Morgan fingerprint density at radius 2 is 2.00 bits per heavy atom. The molecule has 0 spiro atoms. The van der Waals surface area contributed by atoms with Gasteiger partial charge in [0.15, 0.2) is 11.5 Å². The highest BCUT2D eigenvalue weighted by Gasteiger charge is 2.15. The van der Waals surface area contributed by atoms with E-state index in [4.69, 9.17) is 15.2 Å². The van der Waals surface area contributed by atoms with Crippen molar-refractivity contribution in [3.8, 4) is 17.4 Å². The van der Waals surface area contributed by atoms with Gasteiger partial charge in [-0.2, -0.15) is 5.10 Å². The van der Waals surface area contributed by atoms with E-state index < -0.39 is 0 Å². The van der Waals surface area contributed by atoms with E-state index in [1.807, 2.05) is 39.0 Å². The topological polar surface area (TPSA) is 62.3 Å². The zero-order valence-corrected chi connectivity index (χ0v) is 11.7. The number of nitrogens with zero attached hydrogens (tertiary/aromatic N) is 2. The van der Waals surface area contributed by atoms with E-state index in [2.05, 4.69) is 5.10 Å². The SMILES string of the molecule is CCn1nc(C)c(N)c1Oc1ccc(C)cc1OC. The second-order valence-corrected chi connectivity index (χ2v) is 4.38. The molecule has 2 aromatic rings. The van der Waals surface area contributed by atoms with Gasteiger partial charge < -0.3 is 15.2 Å². The minimum atomic E-state index is 0.558. The van der Waals surface area contributed by atoms with E-state index in [-0.39, 0.29) is 0 Å². The van der Waals surface area contributed by atoms with E-state index in [1.165, 1.54) is 0 Å². The van der Waals surface area contributed by atoms with Crippen LogP contribution < -0.4 is 15.2 Å². The van der Waals surface area contributed by atoms with Crippen molar-refractivity contribution in [1.82, 2.24) is 9.78 Å². The molecule has 5 heteroatoms. The number of aryl methyl sites for hydroxylation is 3. The first-order valence-electron chi connectivity index (χ1n) is 6.22. The minimum absolute atomic E-state index is 0.558.